The van der Waals surface area contributed by atoms with E-state index in [1.807, 2.05) is 68.4 Å². The molecule has 3 rings (SSSR count). The number of esters is 1. The van der Waals surface area contributed by atoms with Crippen LogP contribution in [0.4, 0.5) is 0 Å². The largest absolute Gasteiger partial charge is 0.494 e. The van der Waals surface area contributed by atoms with E-state index in [4.69, 9.17) is 21.1 Å². The molecule has 0 spiro atoms. The maximum Gasteiger partial charge on any atom is 0.311 e. The lowest BCUT2D eigenvalue weighted by Gasteiger charge is -2.11. The first-order valence-electron chi connectivity index (χ1n) is 9.39. The molecule has 3 aromatic rings. The van der Waals surface area contributed by atoms with Crippen molar-refractivity contribution in [3.8, 4) is 22.6 Å². The van der Waals surface area contributed by atoms with Gasteiger partial charge in [-0.05, 0) is 82.7 Å². The van der Waals surface area contributed by atoms with Crippen LogP contribution in [0, 0.1) is 13.8 Å². The molecule has 0 heterocycles. The third-order valence-corrected chi connectivity index (χ3v) is 5.68. The van der Waals surface area contributed by atoms with Crippen molar-refractivity contribution in [2.75, 3.05) is 6.61 Å². The predicted octanol–water partition coefficient (Wildman–Crippen LogP) is 7.15. The SMILES string of the molecule is Cc1cc(OCCCC(=O)Oc2ccc(-c3ccccc3)cc2Br)cc(C)c1Cl. The highest BCUT2D eigenvalue weighted by Crippen LogP contribution is 2.31. The molecule has 0 aliphatic rings. The molecule has 5 heteroatoms. The molecule has 0 N–H and O–H groups in total. The highest BCUT2D eigenvalue weighted by Gasteiger charge is 2.10. The van der Waals surface area contributed by atoms with Gasteiger partial charge in [0.2, 0.25) is 0 Å². The van der Waals surface area contributed by atoms with Crippen LogP contribution in [0.25, 0.3) is 11.1 Å². The molecule has 0 fully saturated rings. The molecule has 3 aromatic carbocycles. The standard InChI is InChI=1S/C24H22BrClO3/c1-16-13-20(14-17(2)24(16)26)28-12-6-9-23(27)29-22-11-10-19(15-21(22)25)18-7-4-3-5-8-18/h3-5,7-8,10-11,13-15H,6,9,12H2,1-2H3. The number of hydrogen-bond donors (Lipinski definition) is 0. The Balaban J connectivity index is 1.49. The average molecular weight is 474 g/mol. The van der Waals surface area contributed by atoms with E-state index < -0.39 is 0 Å². The van der Waals surface area contributed by atoms with Crippen LogP contribution >= 0.6 is 27.5 Å². The maximum absolute atomic E-state index is 12.2. The fourth-order valence-electron chi connectivity index (χ4n) is 2.96. The number of halogens is 2. The van der Waals surface area contributed by atoms with E-state index in [1.54, 1.807) is 6.07 Å². The van der Waals surface area contributed by atoms with Crippen LogP contribution in [0.15, 0.2) is 65.1 Å². The molecular formula is C24H22BrClO3. The molecule has 0 aromatic heterocycles. The monoisotopic (exact) mass is 472 g/mol. The lowest BCUT2D eigenvalue weighted by atomic mass is 10.1. The van der Waals surface area contributed by atoms with Crippen molar-refractivity contribution in [1.82, 2.24) is 0 Å². The number of rotatable bonds is 7. The van der Waals surface area contributed by atoms with Crippen LogP contribution in [0.1, 0.15) is 24.0 Å². The van der Waals surface area contributed by atoms with Crippen molar-refractivity contribution < 1.29 is 14.3 Å². The number of ether oxygens (including phenoxy) is 2. The number of benzene rings is 3. The van der Waals surface area contributed by atoms with Crippen molar-refractivity contribution >= 4 is 33.5 Å². The molecule has 0 amide bonds. The van der Waals surface area contributed by atoms with Gasteiger partial charge in [-0.3, -0.25) is 4.79 Å². The van der Waals surface area contributed by atoms with Crippen molar-refractivity contribution in [2.24, 2.45) is 0 Å². The van der Waals surface area contributed by atoms with Gasteiger partial charge in [-0.25, -0.2) is 0 Å². The van der Waals surface area contributed by atoms with Crippen molar-refractivity contribution in [1.29, 1.82) is 0 Å². The number of carbonyl (C=O) groups is 1. The van der Waals surface area contributed by atoms with Gasteiger partial charge >= 0.3 is 5.97 Å². The molecule has 150 valence electrons. The van der Waals surface area contributed by atoms with Crippen LogP contribution in [0.5, 0.6) is 11.5 Å². The summed E-state index contributed by atoms with van der Waals surface area (Å²) in [7, 11) is 0. The van der Waals surface area contributed by atoms with E-state index in [2.05, 4.69) is 15.9 Å². The Morgan fingerprint density at radius 2 is 1.66 bits per heavy atom. The van der Waals surface area contributed by atoms with Crippen molar-refractivity contribution in [2.45, 2.75) is 26.7 Å². The van der Waals surface area contributed by atoms with Gasteiger partial charge in [-0.1, -0.05) is 48.0 Å². The van der Waals surface area contributed by atoms with Crippen LogP contribution in [-0.2, 0) is 4.79 Å². The van der Waals surface area contributed by atoms with Gasteiger partial charge in [-0.15, -0.1) is 0 Å². The molecule has 0 aliphatic heterocycles. The van der Waals surface area contributed by atoms with E-state index >= 15 is 0 Å². The second-order valence-corrected chi connectivity index (χ2v) is 8.04. The normalized spacial score (nSPS) is 10.6. The molecule has 0 radical (unpaired) electrons. The second-order valence-electron chi connectivity index (χ2n) is 6.81. The topological polar surface area (TPSA) is 35.5 Å². The first-order chi connectivity index (χ1) is 13.9. The average Bonchev–Trinajstić information content (AvgIpc) is 2.71. The molecule has 29 heavy (non-hydrogen) atoms. The zero-order valence-corrected chi connectivity index (χ0v) is 18.7. The molecule has 0 atom stereocenters. The second kappa shape index (κ2) is 9.95. The number of carbonyl (C=O) groups excluding carboxylic acids is 1. The third kappa shape index (κ3) is 5.84. The minimum Gasteiger partial charge on any atom is -0.494 e. The van der Waals surface area contributed by atoms with Gasteiger partial charge in [0.1, 0.15) is 11.5 Å². The summed E-state index contributed by atoms with van der Waals surface area (Å²) in [6.45, 7) is 4.32. The zero-order chi connectivity index (χ0) is 20.8. The fraction of sp³-hybridized carbons (Fsp3) is 0.208. The summed E-state index contributed by atoms with van der Waals surface area (Å²) < 4.78 is 12.0. The Bertz CT molecular complexity index is 979. The first-order valence-corrected chi connectivity index (χ1v) is 10.6. The van der Waals surface area contributed by atoms with Crippen LogP contribution in [0.2, 0.25) is 5.02 Å². The lowest BCUT2D eigenvalue weighted by molar-refractivity contribution is -0.134. The molecular weight excluding hydrogens is 452 g/mol. The van der Waals surface area contributed by atoms with Gasteiger partial charge in [0.15, 0.2) is 0 Å². The Morgan fingerprint density at radius 3 is 2.31 bits per heavy atom. The third-order valence-electron chi connectivity index (χ3n) is 4.47. The minimum absolute atomic E-state index is 0.276. The minimum atomic E-state index is -0.287. The van der Waals surface area contributed by atoms with Crippen molar-refractivity contribution in [3.05, 3.63) is 81.3 Å². The summed E-state index contributed by atoms with van der Waals surface area (Å²) in [5, 5.41) is 0.754. The van der Waals surface area contributed by atoms with Gasteiger partial charge < -0.3 is 9.47 Å². The quantitative estimate of drug-likeness (QED) is 0.208. The van der Waals surface area contributed by atoms with E-state index in [9.17, 15) is 4.79 Å². The fourth-order valence-corrected chi connectivity index (χ4v) is 3.53. The highest BCUT2D eigenvalue weighted by molar-refractivity contribution is 9.10. The van der Waals surface area contributed by atoms with Crippen LogP contribution in [0.3, 0.4) is 0 Å². The Hall–Kier alpha value is -2.30. The van der Waals surface area contributed by atoms with E-state index in [0.717, 1.165) is 37.5 Å². The van der Waals surface area contributed by atoms with Gasteiger partial charge in [-0.2, -0.15) is 0 Å². The summed E-state index contributed by atoms with van der Waals surface area (Å²) in [5.41, 5.74) is 4.12. The van der Waals surface area contributed by atoms with Crippen molar-refractivity contribution in [3.63, 3.8) is 0 Å². The van der Waals surface area contributed by atoms with Gasteiger partial charge in [0, 0.05) is 11.4 Å². The summed E-state index contributed by atoms with van der Waals surface area (Å²) in [6, 6.07) is 19.5. The van der Waals surface area contributed by atoms with E-state index in [1.165, 1.54) is 0 Å². The summed E-state index contributed by atoms with van der Waals surface area (Å²) >= 11 is 9.66. The summed E-state index contributed by atoms with van der Waals surface area (Å²) in [5.74, 6) is 0.988. The van der Waals surface area contributed by atoms with Crippen LogP contribution < -0.4 is 9.47 Å². The Labute approximate surface area is 184 Å². The molecule has 0 aliphatic carbocycles. The van der Waals surface area contributed by atoms with E-state index in [-0.39, 0.29) is 12.4 Å². The van der Waals surface area contributed by atoms with Crippen LogP contribution in [-0.4, -0.2) is 12.6 Å². The molecule has 3 nitrogen and oxygen atoms in total. The summed E-state index contributed by atoms with van der Waals surface area (Å²) in [6.07, 6.45) is 0.845. The van der Waals surface area contributed by atoms with Gasteiger partial charge in [0.25, 0.3) is 0 Å². The maximum atomic E-state index is 12.2. The molecule has 0 unspecified atom stereocenters. The zero-order valence-electron chi connectivity index (χ0n) is 16.4. The lowest BCUT2D eigenvalue weighted by Crippen LogP contribution is -2.10. The number of hydrogen-bond acceptors (Lipinski definition) is 3. The molecule has 0 saturated carbocycles. The highest BCUT2D eigenvalue weighted by atomic mass is 79.9. The summed E-state index contributed by atoms with van der Waals surface area (Å²) in [4.78, 5) is 12.2. The van der Waals surface area contributed by atoms with E-state index in [0.29, 0.717) is 18.8 Å². The number of aryl methyl sites for hydroxylation is 2. The Morgan fingerprint density at radius 1 is 0.966 bits per heavy atom. The molecule has 0 bridgehead atoms. The first kappa shape index (κ1) is 21.4. The van der Waals surface area contributed by atoms with Gasteiger partial charge in [0.05, 0.1) is 11.1 Å². The predicted molar refractivity (Wildman–Crippen MR) is 121 cm³/mol. The Kier molecular flexibility index (Phi) is 7.34. The molecule has 0 saturated heterocycles. The smallest absolute Gasteiger partial charge is 0.311 e.